The van der Waals surface area contributed by atoms with Gasteiger partial charge in [0.15, 0.2) is 0 Å². The van der Waals surface area contributed by atoms with Crippen LogP contribution >= 0.6 is 0 Å². The molecule has 0 aromatic heterocycles. The summed E-state index contributed by atoms with van der Waals surface area (Å²) in [5.41, 5.74) is 3.83. The number of carbonyl (C=O) groups is 1. The van der Waals surface area contributed by atoms with Gasteiger partial charge in [-0.3, -0.25) is 0 Å². The Kier molecular flexibility index (Phi) is 4.98. The maximum atomic E-state index is 13.5. The molecule has 1 heterocycles. The van der Waals surface area contributed by atoms with Crippen LogP contribution in [0.15, 0.2) is 72.8 Å². The molecule has 1 atom stereocenters. The van der Waals surface area contributed by atoms with E-state index in [4.69, 9.17) is 4.74 Å². The first kappa shape index (κ1) is 18.0. The molecule has 3 aromatic rings. The van der Waals surface area contributed by atoms with Crippen molar-refractivity contribution in [1.29, 1.82) is 0 Å². The lowest BCUT2D eigenvalue weighted by molar-refractivity contribution is 0.194. The Balaban J connectivity index is 1.68. The maximum absolute atomic E-state index is 13.5. The van der Waals surface area contributed by atoms with Gasteiger partial charge in [-0.15, -0.1) is 0 Å². The molecule has 5 heteroatoms. The summed E-state index contributed by atoms with van der Waals surface area (Å²) < 4.78 is 18.7. The first-order valence-corrected chi connectivity index (χ1v) is 9.20. The van der Waals surface area contributed by atoms with Crippen molar-refractivity contribution in [3.05, 3.63) is 95.3 Å². The van der Waals surface area contributed by atoms with Gasteiger partial charge in [0.05, 0.1) is 13.2 Å². The zero-order chi connectivity index (χ0) is 19.5. The van der Waals surface area contributed by atoms with Gasteiger partial charge in [0.2, 0.25) is 0 Å². The maximum Gasteiger partial charge on any atom is 0.322 e. The number of carbonyl (C=O) groups excluding carboxylic acids is 1. The molecule has 0 fully saturated rings. The number of anilines is 1. The van der Waals surface area contributed by atoms with Gasteiger partial charge in [-0.05, 0) is 47.4 Å². The normalized spacial score (nSPS) is 15.6. The number of benzene rings is 3. The van der Waals surface area contributed by atoms with Crippen LogP contribution < -0.4 is 10.1 Å². The van der Waals surface area contributed by atoms with Crippen molar-refractivity contribution in [2.24, 2.45) is 0 Å². The first-order valence-electron chi connectivity index (χ1n) is 9.20. The minimum absolute atomic E-state index is 0.197. The molecule has 142 valence electrons. The van der Waals surface area contributed by atoms with Crippen molar-refractivity contribution in [3.63, 3.8) is 0 Å². The van der Waals surface area contributed by atoms with Gasteiger partial charge in [0.1, 0.15) is 11.6 Å². The molecule has 4 rings (SSSR count). The van der Waals surface area contributed by atoms with Gasteiger partial charge in [-0.2, -0.15) is 0 Å². The Labute approximate surface area is 163 Å². The molecule has 2 amide bonds. The predicted octanol–water partition coefficient (Wildman–Crippen LogP) is 5.01. The standard InChI is InChI=1S/C23H21FN2O2/c1-28-20-7-4-6-19(15-20)25-23(27)26-14-13-16-5-2-3-8-21(16)22(26)17-9-11-18(24)12-10-17/h2-12,15,22H,13-14H2,1H3,(H,25,27). The van der Waals surface area contributed by atoms with Crippen molar-refractivity contribution in [2.75, 3.05) is 19.0 Å². The van der Waals surface area contributed by atoms with E-state index in [9.17, 15) is 9.18 Å². The lowest BCUT2D eigenvalue weighted by Crippen LogP contribution is -2.43. The zero-order valence-corrected chi connectivity index (χ0v) is 15.6. The Morgan fingerprint density at radius 3 is 2.64 bits per heavy atom. The summed E-state index contributed by atoms with van der Waals surface area (Å²) in [5.74, 6) is 0.386. The molecule has 0 aliphatic carbocycles. The lowest BCUT2D eigenvalue weighted by atomic mass is 9.88. The molecular formula is C23H21FN2O2. The van der Waals surface area contributed by atoms with Crippen molar-refractivity contribution in [1.82, 2.24) is 4.90 Å². The Hall–Kier alpha value is -3.34. The largest absolute Gasteiger partial charge is 0.497 e. The van der Waals surface area contributed by atoms with Gasteiger partial charge in [0.25, 0.3) is 0 Å². The third-order valence-corrected chi connectivity index (χ3v) is 5.05. The highest BCUT2D eigenvalue weighted by molar-refractivity contribution is 5.90. The number of nitrogens with zero attached hydrogens (tertiary/aromatic N) is 1. The number of urea groups is 1. The van der Waals surface area contributed by atoms with E-state index in [0.717, 1.165) is 17.5 Å². The number of hydrogen-bond acceptors (Lipinski definition) is 2. The molecule has 1 aliphatic heterocycles. The average Bonchev–Trinajstić information content (AvgIpc) is 2.73. The zero-order valence-electron chi connectivity index (χ0n) is 15.6. The molecule has 0 spiro atoms. The van der Waals surface area contributed by atoms with Gasteiger partial charge < -0.3 is 15.0 Å². The highest BCUT2D eigenvalue weighted by Gasteiger charge is 2.32. The van der Waals surface area contributed by atoms with Crippen LogP contribution in [0.2, 0.25) is 0 Å². The summed E-state index contributed by atoms with van der Waals surface area (Å²) in [6, 6.07) is 21.3. The number of halogens is 1. The second kappa shape index (κ2) is 7.72. The minimum atomic E-state index is -0.291. The molecule has 3 aromatic carbocycles. The predicted molar refractivity (Wildman–Crippen MR) is 107 cm³/mol. The molecule has 1 N–H and O–H groups in total. The third kappa shape index (κ3) is 3.56. The first-order chi connectivity index (χ1) is 13.7. The lowest BCUT2D eigenvalue weighted by Gasteiger charge is -2.37. The highest BCUT2D eigenvalue weighted by Crippen LogP contribution is 2.35. The third-order valence-electron chi connectivity index (χ3n) is 5.05. The summed E-state index contributed by atoms with van der Waals surface area (Å²) in [7, 11) is 1.59. The highest BCUT2D eigenvalue weighted by atomic mass is 19.1. The molecular weight excluding hydrogens is 355 g/mol. The van der Waals surface area contributed by atoms with Crippen molar-refractivity contribution < 1.29 is 13.9 Å². The fourth-order valence-corrected chi connectivity index (χ4v) is 3.69. The second-order valence-electron chi connectivity index (χ2n) is 6.76. The van der Waals surface area contributed by atoms with Crippen LogP contribution in [0.25, 0.3) is 0 Å². The van der Waals surface area contributed by atoms with E-state index in [1.807, 2.05) is 36.4 Å². The molecule has 28 heavy (non-hydrogen) atoms. The van der Waals surface area contributed by atoms with Crippen LogP contribution in [0.3, 0.4) is 0 Å². The van der Waals surface area contributed by atoms with Crippen molar-refractivity contribution in [3.8, 4) is 5.75 Å². The smallest absolute Gasteiger partial charge is 0.322 e. The monoisotopic (exact) mass is 376 g/mol. The van der Waals surface area contributed by atoms with E-state index in [1.165, 1.54) is 17.7 Å². The molecule has 0 saturated heterocycles. The fourth-order valence-electron chi connectivity index (χ4n) is 3.69. The van der Waals surface area contributed by atoms with Crippen LogP contribution in [0.1, 0.15) is 22.7 Å². The van der Waals surface area contributed by atoms with Crippen LogP contribution in [-0.4, -0.2) is 24.6 Å². The minimum Gasteiger partial charge on any atom is -0.497 e. The summed E-state index contributed by atoms with van der Waals surface area (Å²) in [6.07, 6.45) is 0.777. The Morgan fingerprint density at radius 1 is 1.07 bits per heavy atom. The summed E-state index contributed by atoms with van der Waals surface area (Å²) in [4.78, 5) is 14.9. The number of methoxy groups -OCH3 is 1. The molecule has 0 saturated carbocycles. The summed E-state index contributed by atoms with van der Waals surface area (Å²) >= 11 is 0. The number of fused-ring (bicyclic) bond motifs is 1. The van der Waals surface area contributed by atoms with Gasteiger partial charge in [-0.1, -0.05) is 42.5 Å². The number of amides is 2. The van der Waals surface area contributed by atoms with Crippen LogP contribution in [0.4, 0.5) is 14.9 Å². The molecule has 4 nitrogen and oxygen atoms in total. The van der Waals surface area contributed by atoms with E-state index >= 15 is 0 Å². The van der Waals surface area contributed by atoms with E-state index in [2.05, 4.69) is 11.4 Å². The Bertz CT molecular complexity index is 988. The Morgan fingerprint density at radius 2 is 1.86 bits per heavy atom. The number of rotatable bonds is 3. The quantitative estimate of drug-likeness (QED) is 0.698. The van der Waals surface area contributed by atoms with Crippen molar-refractivity contribution in [2.45, 2.75) is 12.5 Å². The molecule has 1 aliphatic rings. The van der Waals surface area contributed by atoms with Crippen LogP contribution in [0.5, 0.6) is 5.75 Å². The van der Waals surface area contributed by atoms with E-state index < -0.39 is 0 Å². The van der Waals surface area contributed by atoms with E-state index in [0.29, 0.717) is 18.0 Å². The second-order valence-corrected chi connectivity index (χ2v) is 6.76. The fraction of sp³-hybridized carbons (Fsp3) is 0.174. The van der Waals surface area contributed by atoms with E-state index in [1.54, 1.807) is 30.2 Å². The average molecular weight is 376 g/mol. The van der Waals surface area contributed by atoms with Crippen LogP contribution in [0, 0.1) is 5.82 Å². The SMILES string of the molecule is COc1cccc(NC(=O)N2CCc3ccccc3C2c2ccc(F)cc2)c1. The molecule has 0 radical (unpaired) electrons. The van der Waals surface area contributed by atoms with E-state index in [-0.39, 0.29) is 17.9 Å². The molecule has 1 unspecified atom stereocenters. The summed E-state index contributed by atoms with van der Waals surface area (Å²) in [5, 5.41) is 2.96. The molecule has 0 bridgehead atoms. The van der Waals surface area contributed by atoms with Crippen LogP contribution in [-0.2, 0) is 6.42 Å². The summed E-state index contributed by atoms with van der Waals surface area (Å²) in [6.45, 7) is 0.578. The van der Waals surface area contributed by atoms with Gasteiger partial charge in [0, 0.05) is 18.3 Å². The number of ether oxygens (including phenoxy) is 1. The topological polar surface area (TPSA) is 41.6 Å². The van der Waals surface area contributed by atoms with Gasteiger partial charge in [-0.25, -0.2) is 9.18 Å². The van der Waals surface area contributed by atoms with Crippen molar-refractivity contribution >= 4 is 11.7 Å². The number of hydrogen-bond donors (Lipinski definition) is 1. The number of nitrogens with one attached hydrogen (secondary N) is 1. The van der Waals surface area contributed by atoms with Gasteiger partial charge >= 0.3 is 6.03 Å².